The lowest BCUT2D eigenvalue weighted by Crippen LogP contribution is -2.30. The fourth-order valence-corrected chi connectivity index (χ4v) is 2.93. The normalized spacial score (nSPS) is 12.5. The predicted molar refractivity (Wildman–Crippen MR) is 92.4 cm³/mol. The summed E-state index contributed by atoms with van der Waals surface area (Å²) in [6.07, 6.45) is 0.156. The number of hydrogen-bond donors (Lipinski definition) is 1. The zero-order valence-corrected chi connectivity index (χ0v) is 14.6. The Kier molecular flexibility index (Phi) is 4.75. The van der Waals surface area contributed by atoms with E-state index in [0.717, 1.165) is 12.2 Å². The number of rotatable bonds is 6. The van der Waals surface area contributed by atoms with Gasteiger partial charge in [0.15, 0.2) is 11.9 Å². The zero-order valence-electron chi connectivity index (χ0n) is 13.8. The number of nitrogens with zero attached hydrogens (tertiary/aromatic N) is 4. The molecule has 0 unspecified atom stereocenters. The van der Waals surface area contributed by atoms with Crippen LogP contribution in [0.25, 0.3) is 4.96 Å². The molecule has 3 aromatic rings. The fourth-order valence-electron chi connectivity index (χ4n) is 2.16. The van der Waals surface area contributed by atoms with Gasteiger partial charge >= 0.3 is 0 Å². The topological polar surface area (TPSA) is 81.4 Å². The van der Waals surface area contributed by atoms with Crippen LogP contribution < -0.4 is 10.1 Å². The van der Waals surface area contributed by atoms with Crippen molar-refractivity contribution >= 4 is 27.3 Å². The summed E-state index contributed by atoms with van der Waals surface area (Å²) in [6, 6.07) is 9.24. The molecule has 0 radical (unpaired) electrons. The summed E-state index contributed by atoms with van der Waals surface area (Å²) in [5.74, 6) is 1.65. The second-order valence-electron chi connectivity index (χ2n) is 5.88. The number of para-hydroxylation sites is 1. The molecule has 2 heterocycles. The van der Waals surface area contributed by atoms with E-state index >= 15 is 0 Å². The Hall–Kier alpha value is -2.48. The molecular weight excluding hydrogens is 326 g/mol. The molecule has 126 valence electrons. The van der Waals surface area contributed by atoms with E-state index in [-0.39, 0.29) is 5.91 Å². The van der Waals surface area contributed by atoms with Gasteiger partial charge in [-0.25, -0.2) is 0 Å². The molecule has 24 heavy (non-hydrogen) atoms. The fraction of sp³-hybridized carbons (Fsp3) is 0.375. The molecule has 0 aliphatic rings. The second-order valence-corrected chi connectivity index (χ2v) is 6.83. The molecule has 7 nitrogen and oxygen atoms in total. The SMILES string of the molecule is CC(C)Cc1nnc2sc(NC(=O)[C@H](C)Oc3ccccc3)nn12. The zero-order chi connectivity index (χ0) is 17.1. The van der Waals surface area contributed by atoms with Crippen LogP contribution in [-0.2, 0) is 11.2 Å². The first-order valence-corrected chi connectivity index (χ1v) is 8.58. The van der Waals surface area contributed by atoms with E-state index in [9.17, 15) is 4.79 Å². The van der Waals surface area contributed by atoms with E-state index in [1.807, 2.05) is 30.3 Å². The van der Waals surface area contributed by atoms with Gasteiger partial charge in [0.05, 0.1) is 0 Å². The number of carbonyl (C=O) groups is 1. The van der Waals surface area contributed by atoms with Crippen LogP contribution in [0, 0.1) is 5.92 Å². The summed E-state index contributed by atoms with van der Waals surface area (Å²) >= 11 is 1.29. The van der Waals surface area contributed by atoms with Gasteiger partial charge in [0.2, 0.25) is 10.1 Å². The van der Waals surface area contributed by atoms with E-state index in [4.69, 9.17) is 4.74 Å². The molecular formula is C16H19N5O2S. The van der Waals surface area contributed by atoms with Gasteiger partial charge in [0, 0.05) is 6.42 Å². The summed E-state index contributed by atoms with van der Waals surface area (Å²) in [5.41, 5.74) is 0. The van der Waals surface area contributed by atoms with Gasteiger partial charge in [0.1, 0.15) is 5.75 Å². The molecule has 0 aliphatic heterocycles. The molecule has 0 spiro atoms. The largest absolute Gasteiger partial charge is 0.481 e. The lowest BCUT2D eigenvalue weighted by molar-refractivity contribution is -0.122. The van der Waals surface area contributed by atoms with E-state index in [1.54, 1.807) is 11.4 Å². The van der Waals surface area contributed by atoms with Crippen molar-refractivity contribution in [3.8, 4) is 5.75 Å². The van der Waals surface area contributed by atoms with Crippen molar-refractivity contribution in [2.45, 2.75) is 33.3 Å². The molecule has 0 bridgehead atoms. The highest BCUT2D eigenvalue weighted by Crippen LogP contribution is 2.20. The first-order chi connectivity index (χ1) is 11.5. The second kappa shape index (κ2) is 6.96. The number of aromatic nitrogens is 4. The van der Waals surface area contributed by atoms with Crippen LogP contribution in [0.15, 0.2) is 30.3 Å². The Morgan fingerprint density at radius 2 is 2.00 bits per heavy atom. The van der Waals surface area contributed by atoms with Crippen LogP contribution >= 0.6 is 11.3 Å². The van der Waals surface area contributed by atoms with Crippen molar-refractivity contribution in [3.05, 3.63) is 36.2 Å². The number of anilines is 1. The summed E-state index contributed by atoms with van der Waals surface area (Å²) < 4.78 is 7.29. The average molecular weight is 345 g/mol. The summed E-state index contributed by atoms with van der Waals surface area (Å²) in [6.45, 7) is 5.92. The predicted octanol–water partition coefficient (Wildman–Crippen LogP) is 2.79. The van der Waals surface area contributed by atoms with Gasteiger partial charge < -0.3 is 4.74 Å². The highest BCUT2D eigenvalue weighted by Gasteiger charge is 2.18. The third kappa shape index (κ3) is 3.70. The van der Waals surface area contributed by atoms with E-state index in [1.165, 1.54) is 11.3 Å². The van der Waals surface area contributed by atoms with Gasteiger partial charge in [-0.2, -0.15) is 4.52 Å². The third-order valence-electron chi connectivity index (χ3n) is 3.30. The first-order valence-electron chi connectivity index (χ1n) is 7.76. The summed E-state index contributed by atoms with van der Waals surface area (Å²) in [4.78, 5) is 12.9. The van der Waals surface area contributed by atoms with Gasteiger partial charge in [-0.1, -0.05) is 43.4 Å². The molecule has 0 aliphatic carbocycles. The van der Waals surface area contributed by atoms with Crippen molar-refractivity contribution in [2.24, 2.45) is 5.92 Å². The van der Waals surface area contributed by atoms with Crippen molar-refractivity contribution in [2.75, 3.05) is 5.32 Å². The number of carbonyl (C=O) groups excluding carboxylic acids is 1. The standard InChI is InChI=1S/C16H19N5O2S/c1-10(2)9-13-18-19-16-21(13)20-15(24-16)17-14(22)11(3)23-12-7-5-4-6-8-12/h4-8,10-11H,9H2,1-3H3,(H,17,20,22)/t11-/m0/s1. The number of hydrogen-bond acceptors (Lipinski definition) is 6. The number of fused-ring (bicyclic) bond motifs is 1. The van der Waals surface area contributed by atoms with Gasteiger partial charge in [-0.3, -0.25) is 10.1 Å². The molecule has 0 fully saturated rings. The summed E-state index contributed by atoms with van der Waals surface area (Å²) in [7, 11) is 0. The Balaban J connectivity index is 1.67. The maximum atomic E-state index is 12.3. The minimum absolute atomic E-state index is 0.255. The van der Waals surface area contributed by atoms with Crippen LogP contribution in [0.2, 0.25) is 0 Å². The molecule has 0 saturated carbocycles. The Labute approximate surface area is 143 Å². The van der Waals surface area contributed by atoms with Gasteiger partial charge in [0.25, 0.3) is 5.91 Å². The molecule has 2 aromatic heterocycles. The number of nitrogens with one attached hydrogen (secondary N) is 1. The lowest BCUT2D eigenvalue weighted by atomic mass is 10.1. The smallest absolute Gasteiger partial charge is 0.266 e. The highest BCUT2D eigenvalue weighted by atomic mass is 32.1. The van der Waals surface area contributed by atoms with Crippen LogP contribution in [0.5, 0.6) is 5.75 Å². The van der Waals surface area contributed by atoms with Crippen molar-refractivity contribution in [1.82, 2.24) is 19.8 Å². The van der Waals surface area contributed by atoms with E-state index < -0.39 is 6.10 Å². The van der Waals surface area contributed by atoms with Gasteiger partial charge in [-0.15, -0.1) is 15.3 Å². The lowest BCUT2D eigenvalue weighted by Gasteiger charge is -2.13. The molecule has 1 N–H and O–H groups in total. The highest BCUT2D eigenvalue weighted by molar-refractivity contribution is 7.20. The van der Waals surface area contributed by atoms with Crippen molar-refractivity contribution in [3.63, 3.8) is 0 Å². The van der Waals surface area contributed by atoms with Crippen LogP contribution in [-0.4, -0.2) is 31.8 Å². The molecule has 3 rings (SSSR count). The number of ether oxygens (including phenoxy) is 1. The van der Waals surface area contributed by atoms with Crippen molar-refractivity contribution < 1.29 is 9.53 Å². The molecule has 1 atom stereocenters. The number of benzene rings is 1. The van der Waals surface area contributed by atoms with Gasteiger partial charge in [-0.05, 0) is 25.0 Å². The first kappa shape index (κ1) is 16.4. The minimum atomic E-state index is -0.628. The number of amides is 1. The van der Waals surface area contributed by atoms with E-state index in [0.29, 0.717) is 21.8 Å². The van der Waals surface area contributed by atoms with Crippen molar-refractivity contribution in [1.29, 1.82) is 0 Å². The summed E-state index contributed by atoms with van der Waals surface area (Å²) in [5, 5.41) is 15.9. The van der Waals surface area contributed by atoms with Crippen LogP contribution in [0.3, 0.4) is 0 Å². The van der Waals surface area contributed by atoms with Crippen LogP contribution in [0.4, 0.5) is 5.13 Å². The molecule has 1 aromatic carbocycles. The minimum Gasteiger partial charge on any atom is -0.481 e. The monoisotopic (exact) mass is 345 g/mol. The Morgan fingerprint density at radius 3 is 2.71 bits per heavy atom. The maximum Gasteiger partial charge on any atom is 0.266 e. The maximum absolute atomic E-state index is 12.3. The average Bonchev–Trinajstić information content (AvgIpc) is 3.09. The molecule has 8 heteroatoms. The Morgan fingerprint density at radius 1 is 1.25 bits per heavy atom. The van der Waals surface area contributed by atoms with E-state index in [2.05, 4.69) is 34.5 Å². The van der Waals surface area contributed by atoms with Crippen LogP contribution in [0.1, 0.15) is 26.6 Å². The molecule has 0 saturated heterocycles. The quantitative estimate of drug-likeness (QED) is 0.743. The Bertz CT molecular complexity index is 827. The third-order valence-corrected chi connectivity index (χ3v) is 4.12. The molecule has 1 amide bonds.